The summed E-state index contributed by atoms with van der Waals surface area (Å²) in [4.78, 5) is 9.06. The van der Waals surface area contributed by atoms with Crippen LogP contribution >= 0.6 is 0 Å². The van der Waals surface area contributed by atoms with Gasteiger partial charge in [0.05, 0.1) is 0 Å². The summed E-state index contributed by atoms with van der Waals surface area (Å²) in [5, 5.41) is 7.12. The van der Waals surface area contributed by atoms with Gasteiger partial charge in [0.2, 0.25) is 0 Å². The summed E-state index contributed by atoms with van der Waals surface area (Å²) < 4.78 is 0. The lowest BCUT2D eigenvalue weighted by Crippen LogP contribution is -2.09. The van der Waals surface area contributed by atoms with Crippen molar-refractivity contribution in [2.45, 2.75) is 0 Å². The highest BCUT2D eigenvalue weighted by atomic mass is 15.2. The molecule has 0 saturated carbocycles. The Kier molecular flexibility index (Phi) is 15.7. The Bertz CT molecular complexity index is 3010. The van der Waals surface area contributed by atoms with Crippen LogP contribution in [0.4, 0.5) is 91.0 Å². The van der Waals surface area contributed by atoms with Crippen LogP contribution in [0, 0.1) is 0 Å². The van der Waals surface area contributed by atoms with E-state index in [2.05, 4.69) is 321 Å². The van der Waals surface area contributed by atoms with E-state index >= 15 is 0 Å². The number of nitrogens with zero attached hydrogens (tertiary/aromatic N) is 4. The fraction of sp³-hybridized carbons (Fsp3) is 0. The second-order valence-electron chi connectivity index (χ2n) is 18.5. The fourth-order valence-corrected chi connectivity index (χ4v) is 9.51. The maximum atomic E-state index is 3.56. The number of rotatable bonds is 16. The van der Waals surface area contributed by atoms with Crippen molar-refractivity contribution >= 4 is 91.0 Å². The predicted octanol–water partition coefficient (Wildman–Crippen LogP) is 20.7. The first-order valence-corrected chi connectivity index (χ1v) is 26.3. The van der Waals surface area contributed by atoms with Gasteiger partial charge in [-0.2, -0.15) is 0 Å². The number of para-hydroxylation sites is 8. The van der Waals surface area contributed by atoms with Gasteiger partial charge in [-0.25, -0.2) is 0 Å². The van der Waals surface area contributed by atoms with Gasteiger partial charge in [0.25, 0.3) is 0 Å². The number of anilines is 16. The van der Waals surface area contributed by atoms with E-state index in [0.29, 0.717) is 0 Å². The van der Waals surface area contributed by atoms with Gasteiger partial charge >= 0.3 is 0 Å². The van der Waals surface area contributed by atoms with Crippen LogP contribution in [-0.4, -0.2) is 0 Å². The zero-order chi connectivity index (χ0) is 52.6. The number of nitrogens with one attached hydrogen (secondary N) is 2. The average Bonchev–Trinajstić information content (AvgIpc) is 3.53. The molecule has 0 spiro atoms. The molecule has 12 rings (SSSR count). The third-order valence-electron chi connectivity index (χ3n) is 13.2. The molecule has 12 aromatic carbocycles. The van der Waals surface area contributed by atoms with E-state index in [1.54, 1.807) is 0 Å². The monoisotopic (exact) mass is 1010 g/mol. The van der Waals surface area contributed by atoms with Crippen LogP contribution in [0.1, 0.15) is 0 Å². The van der Waals surface area contributed by atoms with E-state index in [1.165, 1.54) is 0 Å². The number of hydrogen-bond donors (Lipinski definition) is 2. The molecule has 0 heterocycles. The minimum atomic E-state index is 1.04. The summed E-state index contributed by atoms with van der Waals surface area (Å²) in [6.07, 6.45) is 0. The van der Waals surface area contributed by atoms with Crippen molar-refractivity contribution in [3.63, 3.8) is 0 Å². The van der Waals surface area contributed by atoms with Crippen LogP contribution in [0.15, 0.2) is 340 Å². The van der Waals surface area contributed by atoms with Crippen LogP contribution in [-0.2, 0) is 0 Å². The molecule has 0 aromatic heterocycles. The molecule has 0 amide bonds. The number of benzene rings is 12. The van der Waals surface area contributed by atoms with Gasteiger partial charge in [0.1, 0.15) is 0 Å². The van der Waals surface area contributed by atoms with Crippen molar-refractivity contribution in [3.8, 4) is 0 Å². The molecule has 0 aliphatic rings. The van der Waals surface area contributed by atoms with Gasteiger partial charge in [-0.05, 0) is 194 Å². The van der Waals surface area contributed by atoms with Crippen molar-refractivity contribution in [3.05, 3.63) is 340 Å². The largest absolute Gasteiger partial charge is 0.356 e. The van der Waals surface area contributed by atoms with E-state index in [9.17, 15) is 0 Å². The van der Waals surface area contributed by atoms with Gasteiger partial charge in [-0.1, -0.05) is 146 Å². The molecule has 376 valence electrons. The SMILES string of the molecule is c1ccc(N(c2ccccc2)c2ccc(Nc3ccc(N(c4ccccc4)c4ccccc4)cc3)cc2)cc1.c1ccc(N(c2ccccc2)c2ccc(Nc3ccc(N(c4ccccc4)c4ccccc4)cc3)cc2)cc1. The van der Waals surface area contributed by atoms with E-state index in [-0.39, 0.29) is 0 Å². The normalized spacial score (nSPS) is 10.6. The molecule has 0 aliphatic carbocycles. The lowest BCUT2D eigenvalue weighted by molar-refractivity contribution is 1.28. The Morgan fingerprint density at radius 3 is 0.372 bits per heavy atom. The highest BCUT2D eigenvalue weighted by molar-refractivity contribution is 5.82. The smallest absolute Gasteiger partial charge is 0.0463 e. The van der Waals surface area contributed by atoms with E-state index < -0.39 is 0 Å². The summed E-state index contributed by atoms with van der Waals surface area (Å²) in [5.74, 6) is 0. The molecule has 6 nitrogen and oxygen atoms in total. The van der Waals surface area contributed by atoms with E-state index in [1.807, 2.05) is 48.5 Å². The van der Waals surface area contributed by atoms with Gasteiger partial charge in [-0.15, -0.1) is 0 Å². The molecule has 0 fully saturated rings. The van der Waals surface area contributed by atoms with E-state index in [0.717, 1.165) is 91.0 Å². The molecule has 2 N–H and O–H groups in total. The molecular weight excluding hydrogens is 949 g/mol. The van der Waals surface area contributed by atoms with Crippen LogP contribution in [0.2, 0.25) is 0 Å². The van der Waals surface area contributed by atoms with Crippen molar-refractivity contribution < 1.29 is 0 Å². The van der Waals surface area contributed by atoms with Gasteiger partial charge in [0.15, 0.2) is 0 Å². The fourth-order valence-electron chi connectivity index (χ4n) is 9.51. The van der Waals surface area contributed by atoms with Gasteiger partial charge in [-0.3, -0.25) is 0 Å². The van der Waals surface area contributed by atoms with Crippen LogP contribution in [0.3, 0.4) is 0 Å². The molecule has 0 unspecified atom stereocenters. The summed E-state index contributed by atoms with van der Waals surface area (Å²) in [5.41, 5.74) is 17.6. The first kappa shape index (κ1) is 49.6. The lowest BCUT2D eigenvalue weighted by atomic mass is 10.1. The van der Waals surface area contributed by atoms with Crippen molar-refractivity contribution in [1.29, 1.82) is 0 Å². The second-order valence-corrected chi connectivity index (χ2v) is 18.5. The molecule has 78 heavy (non-hydrogen) atoms. The Balaban J connectivity index is 0.000000165. The topological polar surface area (TPSA) is 37.0 Å². The summed E-state index contributed by atoms with van der Waals surface area (Å²) in [6.45, 7) is 0. The van der Waals surface area contributed by atoms with Crippen molar-refractivity contribution in [1.82, 2.24) is 0 Å². The number of hydrogen-bond acceptors (Lipinski definition) is 6. The van der Waals surface area contributed by atoms with Crippen LogP contribution in [0.25, 0.3) is 0 Å². The average molecular weight is 1010 g/mol. The minimum Gasteiger partial charge on any atom is -0.356 e. The molecule has 6 heteroatoms. The Labute approximate surface area is 458 Å². The molecule has 0 atom stereocenters. The first-order chi connectivity index (χ1) is 38.7. The van der Waals surface area contributed by atoms with Crippen molar-refractivity contribution in [2.75, 3.05) is 30.2 Å². The molecule has 0 saturated heterocycles. The molecule has 12 aromatic rings. The molecular formula is C72H58N6. The minimum absolute atomic E-state index is 1.04. The van der Waals surface area contributed by atoms with E-state index in [4.69, 9.17) is 0 Å². The third-order valence-corrected chi connectivity index (χ3v) is 13.2. The zero-order valence-electron chi connectivity index (χ0n) is 43.1. The first-order valence-electron chi connectivity index (χ1n) is 26.3. The van der Waals surface area contributed by atoms with Gasteiger partial charge < -0.3 is 30.2 Å². The predicted molar refractivity (Wildman–Crippen MR) is 331 cm³/mol. The Morgan fingerprint density at radius 2 is 0.244 bits per heavy atom. The molecule has 0 bridgehead atoms. The molecule has 0 aliphatic heterocycles. The van der Waals surface area contributed by atoms with Gasteiger partial charge in [0, 0.05) is 91.0 Å². The second kappa shape index (κ2) is 24.6. The third kappa shape index (κ3) is 12.2. The van der Waals surface area contributed by atoms with Crippen LogP contribution in [0.5, 0.6) is 0 Å². The summed E-state index contributed by atoms with van der Waals surface area (Å²) >= 11 is 0. The molecule has 0 radical (unpaired) electrons. The maximum Gasteiger partial charge on any atom is 0.0463 e. The standard InChI is InChI=1S/2C36H29N3/c2*1-5-13-31(14-6-1)38(32-15-7-2-8-16-32)35-25-21-29(22-26-35)37-30-23-27-36(28-24-30)39(33-17-9-3-10-18-33)34-19-11-4-12-20-34/h2*1-28,37H. The highest BCUT2D eigenvalue weighted by Gasteiger charge is 2.16. The Hall–Kier alpha value is -10.6. The lowest BCUT2D eigenvalue weighted by Gasteiger charge is -2.26. The zero-order valence-corrected chi connectivity index (χ0v) is 43.1. The Morgan fingerprint density at radius 1 is 0.128 bits per heavy atom. The van der Waals surface area contributed by atoms with Crippen molar-refractivity contribution in [2.24, 2.45) is 0 Å². The maximum absolute atomic E-state index is 3.56. The highest BCUT2D eigenvalue weighted by Crippen LogP contribution is 2.39. The quantitative estimate of drug-likeness (QED) is 0.100. The summed E-state index contributed by atoms with van der Waals surface area (Å²) in [6, 6.07) is 118. The van der Waals surface area contributed by atoms with Crippen LogP contribution < -0.4 is 30.2 Å². The summed E-state index contributed by atoms with van der Waals surface area (Å²) in [7, 11) is 0.